The first-order valence-electron chi connectivity index (χ1n) is 7.95. The summed E-state index contributed by atoms with van der Waals surface area (Å²) in [5, 5.41) is 9.22. The predicted octanol–water partition coefficient (Wildman–Crippen LogP) is 2.57. The van der Waals surface area contributed by atoms with Crippen LogP contribution >= 0.6 is 0 Å². The molecule has 2 aromatic rings. The zero-order valence-corrected chi connectivity index (χ0v) is 13.7. The van der Waals surface area contributed by atoms with Crippen LogP contribution < -0.4 is 11.0 Å². The fourth-order valence-electron chi connectivity index (χ4n) is 2.37. The number of fused-ring (bicyclic) bond motifs is 1. The van der Waals surface area contributed by atoms with Crippen LogP contribution in [0, 0.1) is 5.92 Å². The average molecular weight is 314 g/mol. The summed E-state index contributed by atoms with van der Waals surface area (Å²) in [6.07, 6.45) is 3.69. The van der Waals surface area contributed by atoms with Gasteiger partial charge in [0.1, 0.15) is 0 Å². The molecule has 0 aliphatic rings. The average Bonchev–Trinajstić information content (AvgIpc) is 2.59. The van der Waals surface area contributed by atoms with Crippen LogP contribution in [-0.4, -0.2) is 21.9 Å². The van der Waals surface area contributed by atoms with Crippen molar-refractivity contribution in [2.75, 3.05) is 0 Å². The van der Waals surface area contributed by atoms with E-state index in [0.29, 0.717) is 23.2 Å². The Bertz CT molecular complexity index is 776. The van der Waals surface area contributed by atoms with Crippen molar-refractivity contribution in [3.63, 3.8) is 0 Å². The molecule has 0 aliphatic heterocycles. The SMILES string of the molecule is CCC(/C=N\NC(=O)c1nn(CC)c(=O)c2ccccc12)CC. The van der Waals surface area contributed by atoms with Gasteiger partial charge in [-0.05, 0) is 31.7 Å². The van der Waals surface area contributed by atoms with Crippen molar-refractivity contribution in [1.82, 2.24) is 15.2 Å². The van der Waals surface area contributed by atoms with Crippen LogP contribution in [0.3, 0.4) is 0 Å². The topological polar surface area (TPSA) is 76.3 Å². The largest absolute Gasteiger partial charge is 0.292 e. The van der Waals surface area contributed by atoms with E-state index in [2.05, 4.69) is 29.5 Å². The number of rotatable bonds is 6. The van der Waals surface area contributed by atoms with Crippen LogP contribution in [-0.2, 0) is 6.54 Å². The molecular formula is C17H22N4O2. The van der Waals surface area contributed by atoms with E-state index >= 15 is 0 Å². The Morgan fingerprint density at radius 1 is 1.26 bits per heavy atom. The molecule has 6 nitrogen and oxygen atoms in total. The molecule has 0 aliphatic carbocycles. The molecule has 0 spiro atoms. The van der Waals surface area contributed by atoms with E-state index < -0.39 is 5.91 Å². The summed E-state index contributed by atoms with van der Waals surface area (Å²) in [7, 11) is 0. The Morgan fingerprint density at radius 3 is 2.52 bits per heavy atom. The van der Waals surface area contributed by atoms with Crippen LogP contribution in [0.5, 0.6) is 0 Å². The highest BCUT2D eigenvalue weighted by molar-refractivity contribution is 6.04. The molecular weight excluding hydrogens is 292 g/mol. The van der Waals surface area contributed by atoms with Crippen molar-refractivity contribution < 1.29 is 4.79 Å². The predicted molar refractivity (Wildman–Crippen MR) is 91.7 cm³/mol. The van der Waals surface area contributed by atoms with Gasteiger partial charge in [-0.25, -0.2) is 10.1 Å². The molecule has 1 aromatic heterocycles. The maximum Gasteiger partial charge on any atom is 0.292 e. The van der Waals surface area contributed by atoms with Gasteiger partial charge in [-0.2, -0.15) is 10.2 Å². The molecule has 1 N–H and O–H groups in total. The van der Waals surface area contributed by atoms with Gasteiger partial charge in [-0.3, -0.25) is 9.59 Å². The van der Waals surface area contributed by atoms with E-state index in [9.17, 15) is 9.59 Å². The molecule has 0 saturated heterocycles. The monoisotopic (exact) mass is 314 g/mol. The van der Waals surface area contributed by atoms with Gasteiger partial charge in [0, 0.05) is 18.1 Å². The van der Waals surface area contributed by atoms with Crippen LogP contribution in [0.15, 0.2) is 34.2 Å². The summed E-state index contributed by atoms with van der Waals surface area (Å²) in [5.74, 6) is -0.0739. The summed E-state index contributed by atoms with van der Waals surface area (Å²) in [4.78, 5) is 24.6. The van der Waals surface area contributed by atoms with Crippen molar-refractivity contribution in [3.8, 4) is 0 Å². The maximum absolute atomic E-state index is 12.4. The van der Waals surface area contributed by atoms with Crippen LogP contribution in [0.4, 0.5) is 0 Å². The van der Waals surface area contributed by atoms with Crippen molar-refractivity contribution >= 4 is 22.9 Å². The molecule has 1 aromatic carbocycles. The van der Waals surface area contributed by atoms with Crippen molar-refractivity contribution in [3.05, 3.63) is 40.3 Å². The molecule has 1 heterocycles. The van der Waals surface area contributed by atoms with Gasteiger partial charge in [-0.15, -0.1) is 0 Å². The van der Waals surface area contributed by atoms with Gasteiger partial charge in [0.15, 0.2) is 5.69 Å². The number of hydrogen-bond donors (Lipinski definition) is 1. The summed E-state index contributed by atoms with van der Waals surface area (Å²) in [6.45, 7) is 6.37. The third kappa shape index (κ3) is 3.64. The van der Waals surface area contributed by atoms with E-state index in [0.717, 1.165) is 12.8 Å². The van der Waals surface area contributed by atoms with Gasteiger partial charge in [0.2, 0.25) is 0 Å². The molecule has 2 rings (SSSR count). The smallest absolute Gasteiger partial charge is 0.267 e. The molecule has 0 fully saturated rings. The molecule has 122 valence electrons. The molecule has 1 amide bonds. The van der Waals surface area contributed by atoms with Crippen LogP contribution in [0.25, 0.3) is 10.8 Å². The number of aromatic nitrogens is 2. The number of benzene rings is 1. The van der Waals surface area contributed by atoms with Gasteiger partial charge >= 0.3 is 0 Å². The first kappa shape index (κ1) is 16.9. The van der Waals surface area contributed by atoms with E-state index in [1.54, 1.807) is 30.5 Å². The lowest BCUT2D eigenvalue weighted by molar-refractivity contribution is 0.0949. The van der Waals surface area contributed by atoms with Crippen molar-refractivity contribution in [2.45, 2.75) is 40.2 Å². The summed E-state index contributed by atoms with van der Waals surface area (Å²) >= 11 is 0. The quantitative estimate of drug-likeness (QED) is 0.657. The Balaban J connectivity index is 2.37. The number of hydrogen-bond acceptors (Lipinski definition) is 4. The third-order valence-electron chi connectivity index (χ3n) is 3.88. The lowest BCUT2D eigenvalue weighted by Crippen LogP contribution is -2.28. The van der Waals surface area contributed by atoms with E-state index in [4.69, 9.17) is 0 Å². The normalized spacial score (nSPS) is 11.5. The second-order valence-corrected chi connectivity index (χ2v) is 5.31. The second-order valence-electron chi connectivity index (χ2n) is 5.31. The minimum atomic E-state index is -0.411. The number of nitrogens with one attached hydrogen (secondary N) is 1. The highest BCUT2D eigenvalue weighted by Gasteiger charge is 2.15. The fourth-order valence-corrected chi connectivity index (χ4v) is 2.37. The summed E-state index contributed by atoms with van der Waals surface area (Å²) in [6, 6.07) is 6.99. The molecule has 0 atom stereocenters. The summed E-state index contributed by atoms with van der Waals surface area (Å²) < 4.78 is 1.29. The molecule has 0 unspecified atom stereocenters. The number of aryl methyl sites for hydroxylation is 1. The van der Waals surface area contributed by atoms with Gasteiger partial charge < -0.3 is 0 Å². The minimum absolute atomic E-state index is 0.194. The minimum Gasteiger partial charge on any atom is -0.267 e. The number of carbonyl (C=O) groups is 1. The zero-order chi connectivity index (χ0) is 16.8. The van der Waals surface area contributed by atoms with E-state index in [1.807, 2.05) is 6.92 Å². The third-order valence-corrected chi connectivity index (χ3v) is 3.88. The number of carbonyl (C=O) groups excluding carboxylic acids is 1. The molecule has 0 saturated carbocycles. The molecule has 23 heavy (non-hydrogen) atoms. The number of nitrogens with zero attached hydrogens (tertiary/aromatic N) is 3. The fraction of sp³-hybridized carbons (Fsp3) is 0.412. The number of hydrazone groups is 1. The molecule has 0 radical (unpaired) electrons. The summed E-state index contributed by atoms with van der Waals surface area (Å²) in [5.41, 5.74) is 2.53. The number of amides is 1. The molecule has 0 bridgehead atoms. The van der Waals surface area contributed by atoms with Crippen molar-refractivity contribution in [2.24, 2.45) is 11.0 Å². The molecule has 6 heteroatoms. The Hall–Kier alpha value is -2.50. The van der Waals surface area contributed by atoms with Crippen LogP contribution in [0.2, 0.25) is 0 Å². The van der Waals surface area contributed by atoms with Crippen molar-refractivity contribution in [1.29, 1.82) is 0 Å². The lowest BCUT2D eigenvalue weighted by Gasteiger charge is -2.09. The maximum atomic E-state index is 12.4. The zero-order valence-electron chi connectivity index (χ0n) is 13.7. The first-order valence-corrected chi connectivity index (χ1v) is 7.95. The second kappa shape index (κ2) is 7.67. The van der Waals surface area contributed by atoms with Crippen LogP contribution in [0.1, 0.15) is 44.1 Å². The van der Waals surface area contributed by atoms with Gasteiger partial charge in [0.05, 0.1) is 5.39 Å². The standard InChI is InChI=1S/C17H22N4O2/c1-4-12(5-2)11-18-19-16(22)15-13-9-7-8-10-14(13)17(23)21(6-3)20-15/h7-12H,4-6H2,1-3H3,(H,19,22)/b18-11-. The van der Waals surface area contributed by atoms with Gasteiger partial charge in [0.25, 0.3) is 11.5 Å². The Kier molecular flexibility index (Phi) is 5.62. The van der Waals surface area contributed by atoms with Gasteiger partial charge in [-0.1, -0.05) is 32.0 Å². The van der Waals surface area contributed by atoms with E-state index in [1.165, 1.54) is 4.68 Å². The Labute approximate surface area is 135 Å². The highest BCUT2D eigenvalue weighted by Crippen LogP contribution is 2.13. The Morgan fingerprint density at radius 2 is 1.91 bits per heavy atom. The first-order chi connectivity index (χ1) is 11.1. The lowest BCUT2D eigenvalue weighted by atomic mass is 10.1. The van der Waals surface area contributed by atoms with E-state index in [-0.39, 0.29) is 11.3 Å². The highest BCUT2D eigenvalue weighted by atomic mass is 16.2.